The molecule has 0 rings (SSSR count). The molecular weight excluding hydrogens is 264 g/mol. The Kier molecular flexibility index (Phi) is 5.80. The summed E-state index contributed by atoms with van der Waals surface area (Å²) in [7, 11) is 0. The molecule has 0 atom stereocenters. The number of rotatable bonds is 3. The van der Waals surface area contributed by atoms with Gasteiger partial charge in [-0.15, -0.1) is 0 Å². The highest BCUT2D eigenvalue weighted by Gasteiger charge is 2.29. The van der Waals surface area contributed by atoms with Crippen LogP contribution in [0.1, 0.15) is 0 Å². The quantitative estimate of drug-likeness (QED) is 0.483. The minimum absolute atomic E-state index is 0.0329. The van der Waals surface area contributed by atoms with Crippen molar-refractivity contribution in [3.63, 3.8) is 0 Å². The van der Waals surface area contributed by atoms with Gasteiger partial charge in [0.1, 0.15) is 6.61 Å². The Bertz CT molecular complexity index is 202. The molecule has 0 aromatic heterocycles. The van der Waals surface area contributed by atoms with Crippen LogP contribution in [-0.2, 0) is 9.53 Å². The summed E-state index contributed by atoms with van der Waals surface area (Å²) < 4.78 is 2.28. The Morgan fingerprint density at radius 3 is 2.23 bits per heavy atom. The molecule has 13 heavy (non-hydrogen) atoms. The third-order valence-corrected chi connectivity index (χ3v) is 1.48. The number of hydrogen-bond donors (Lipinski definition) is 1. The van der Waals surface area contributed by atoms with Crippen molar-refractivity contribution in [2.75, 3.05) is 13.2 Å². The van der Waals surface area contributed by atoms with Crippen LogP contribution < -0.4 is 5.32 Å². The van der Waals surface area contributed by atoms with E-state index in [1.54, 1.807) is 0 Å². The second-order valence-electron chi connectivity index (χ2n) is 1.84. The van der Waals surface area contributed by atoms with Crippen LogP contribution in [-0.4, -0.2) is 28.3 Å². The third-order valence-electron chi connectivity index (χ3n) is 0.861. The average Bonchev–Trinajstić information content (AvgIpc) is 1.95. The maximum absolute atomic E-state index is 10.8. The molecule has 1 N–H and O–H groups in total. The van der Waals surface area contributed by atoms with Gasteiger partial charge in [-0.2, -0.15) is 0 Å². The van der Waals surface area contributed by atoms with Crippen molar-refractivity contribution in [2.45, 2.75) is 3.79 Å². The summed E-state index contributed by atoms with van der Waals surface area (Å²) in [5, 5.41) is 2.21. The van der Waals surface area contributed by atoms with E-state index in [1.165, 1.54) is 0 Å². The molecule has 4 nitrogen and oxygen atoms in total. The summed E-state index contributed by atoms with van der Waals surface area (Å²) in [6.45, 7) is -0.0416. The monoisotopic (exact) mass is 267 g/mol. The topological polar surface area (TPSA) is 55.4 Å². The summed E-state index contributed by atoms with van der Waals surface area (Å²) in [5.41, 5.74) is -0.955. The Balaban J connectivity index is 3.55. The lowest BCUT2D eigenvalue weighted by Crippen LogP contribution is -2.36. The van der Waals surface area contributed by atoms with Gasteiger partial charge in [-0.05, 0) is 0 Å². The van der Waals surface area contributed by atoms with Gasteiger partial charge in [-0.3, -0.25) is 4.79 Å². The van der Waals surface area contributed by atoms with Crippen molar-refractivity contribution in [2.24, 2.45) is 0 Å². The van der Waals surface area contributed by atoms with Crippen molar-refractivity contribution in [3.8, 4) is 0 Å². The van der Waals surface area contributed by atoms with Crippen LogP contribution in [0.5, 0.6) is 0 Å². The highest BCUT2D eigenvalue weighted by Crippen LogP contribution is 2.25. The molecular formula is C5H5Cl4NO3. The lowest BCUT2D eigenvalue weighted by Gasteiger charge is -2.10. The zero-order chi connectivity index (χ0) is 10.5. The number of ether oxygens (including phenoxy) is 1. The summed E-state index contributed by atoms with van der Waals surface area (Å²) in [5.74, 6) is -0.789. The predicted molar refractivity (Wildman–Crippen MR) is 50.5 cm³/mol. The first-order valence-corrected chi connectivity index (χ1v) is 4.52. The lowest BCUT2D eigenvalue weighted by molar-refractivity contribution is -0.120. The summed E-state index contributed by atoms with van der Waals surface area (Å²) in [6, 6.07) is 0. The van der Waals surface area contributed by atoms with E-state index in [0.29, 0.717) is 0 Å². The van der Waals surface area contributed by atoms with Crippen LogP contribution in [0.15, 0.2) is 0 Å². The molecule has 0 aliphatic heterocycles. The van der Waals surface area contributed by atoms with Crippen LogP contribution >= 0.6 is 46.4 Å². The molecule has 1 amide bonds. The van der Waals surface area contributed by atoms with Gasteiger partial charge < -0.3 is 10.1 Å². The minimum atomic E-state index is -2.01. The second-order valence-corrected chi connectivity index (χ2v) is 4.43. The van der Waals surface area contributed by atoms with Crippen molar-refractivity contribution in [1.29, 1.82) is 0 Å². The molecule has 0 saturated carbocycles. The standard InChI is InChI=1S/C5H5Cl4NO3/c6-4(12)13-2-1-10-3(11)5(7,8)9/h1-2H2,(H,10,11). The molecule has 0 aliphatic carbocycles. The molecule has 0 aliphatic rings. The van der Waals surface area contributed by atoms with E-state index in [-0.39, 0.29) is 13.2 Å². The van der Waals surface area contributed by atoms with Crippen LogP contribution in [0, 0.1) is 0 Å². The Morgan fingerprint density at radius 2 is 1.85 bits per heavy atom. The number of hydrogen-bond acceptors (Lipinski definition) is 3. The normalized spacial score (nSPS) is 10.8. The van der Waals surface area contributed by atoms with Crippen molar-refractivity contribution < 1.29 is 14.3 Å². The molecule has 0 spiro atoms. The minimum Gasteiger partial charge on any atom is -0.452 e. The van der Waals surface area contributed by atoms with Gasteiger partial charge in [0.15, 0.2) is 0 Å². The predicted octanol–water partition coefficient (Wildman–Crippen LogP) is 1.85. The fourth-order valence-corrected chi connectivity index (χ4v) is 0.674. The largest absolute Gasteiger partial charge is 0.452 e. The molecule has 0 radical (unpaired) electrons. The van der Waals surface area contributed by atoms with Crippen LogP contribution in [0.4, 0.5) is 4.79 Å². The highest BCUT2D eigenvalue weighted by atomic mass is 35.6. The van der Waals surface area contributed by atoms with Crippen molar-refractivity contribution >= 4 is 57.7 Å². The molecule has 0 saturated heterocycles. The highest BCUT2D eigenvalue weighted by molar-refractivity contribution is 6.76. The van der Waals surface area contributed by atoms with E-state index in [1.807, 2.05) is 0 Å². The van der Waals surface area contributed by atoms with Crippen molar-refractivity contribution in [1.82, 2.24) is 5.32 Å². The molecule has 76 valence electrons. The second kappa shape index (κ2) is 5.75. The third kappa shape index (κ3) is 7.19. The van der Waals surface area contributed by atoms with Gasteiger partial charge in [0.2, 0.25) is 0 Å². The zero-order valence-corrected chi connectivity index (χ0v) is 9.17. The van der Waals surface area contributed by atoms with Gasteiger partial charge in [0.25, 0.3) is 9.70 Å². The number of amides is 1. The fourth-order valence-electron chi connectivity index (χ4n) is 0.396. The van der Waals surface area contributed by atoms with E-state index in [4.69, 9.17) is 46.4 Å². The summed E-state index contributed by atoms with van der Waals surface area (Å²) in [6.07, 6.45) is 0. The van der Waals surface area contributed by atoms with E-state index < -0.39 is 15.1 Å². The first kappa shape index (κ1) is 13.1. The fraction of sp³-hybridized carbons (Fsp3) is 0.600. The maximum Gasteiger partial charge on any atom is 0.403 e. The Hall–Kier alpha value is 0.1000. The SMILES string of the molecule is O=C(Cl)OCCNC(=O)C(Cl)(Cl)Cl. The first-order chi connectivity index (χ1) is 5.84. The first-order valence-electron chi connectivity index (χ1n) is 3.01. The van der Waals surface area contributed by atoms with Gasteiger partial charge in [-0.1, -0.05) is 34.8 Å². The van der Waals surface area contributed by atoms with Gasteiger partial charge in [-0.25, -0.2) is 4.79 Å². The van der Waals surface area contributed by atoms with Crippen LogP contribution in [0.3, 0.4) is 0 Å². The maximum atomic E-state index is 10.8. The molecule has 8 heteroatoms. The molecule has 0 unspecified atom stereocenters. The smallest absolute Gasteiger partial charge is 0.403 e. The van der Waals surface area contributed by atoms with Crippen LogP contribution in [0.2, 0.25) is 0 Å². The van der Waals surface area contributed by atoms with E-state index in [2.05, 4.69) is 10.1 Å². The number of carbonyl (C=O) groups excluding carboxylic acids is 2. The van der Waals surface area contributed by atoms with E-state index in [9.17, 15) is 9.59 Å². The molecule has 0 bridgehead atoms. The summed E-state index contributed by atoms with van der Waals surface area (Å²) >= 11 is 20.5. The number of alkyl halides is 3. The number of halogens is 4. The molecule has 0 aromatic rings. The molecule has 0 fully saturated rings. The van der Waals surface area contributed by atoms with Crippen molar-refractivity contribution in [3.05, 3.63) is 0 Å². The van der Waals surface area contributed by atoms with E-state index >= 15 is 0 Å². The molecule has 0 heterocycles. The average molecular weight is 269 g/mol. The summed E-state index contributed by atoms with van der Waals surface area (Å²) in [4.78, 5) is 20.9. The zero-order valence-electron chi connectivity index (χ0n) is 6.15. The number of carbonyl (C=O) groups is 2. The lowest BCUT2D eigenvalue weighted by atomic mass is 10.6. The number of nitrogens with one attached hydrogen (secondary N) is 1. The van der Waals surface area contributed by atoms with Crippen LogP contribution in [0.25, 0.3) is 0 Å². The van der Waals surface area contributed by atoms with E-state index in [0.717, 1.165) is 0 Å². The molecule has 0 aromatic carbocycles. The Labute approximate surface area is 94.4 Å². The van der Waals surface area contributed by atoms with Gasteiger partial charge in [0, 0.05) is 11.6 Å². The van der Waals surface area contributed by atoms with Gasteiger partial charge in [0.05, 0.1) is 6.54 Å². The van der Waals surface area contributed by atoms with Gasteiger partial charge >= 0.3 is 5.43 Å². The Morgan fingerprint density at radius 1 is 1.31 bits per heavy atom.